The molecule has 3 aromatic rings. The number of esters is 1. The van der Waals surface area contributed by atoms with Crippen molar-refractivity contribution in [2.45, 2.75) is 6.61 Å². The predicted octanol–water partition coefficient (Wildman–Crippen LogP) is 4.14. The molecule has 1 aliphatic rings. The van der Waals surface area contributed by atoms with Crippen LogP contribution in [0.5, 0.6) is 5.75 Å². The van der Waals surface area contributed by atoms with Gasteiger partial charge in [0.2, 0.25) is 0 Å². The SMILES string of the molecule is COC(=O)c1cc(NC(=O)c2cccc(OCc3ccccc3)c2)ccc1N1CCOCC1. The number of ether oxygens (including phenoxy) is 3. The van der Waals surface area contributed by atoms with Gasteiger partial charge in [0.05, 0.1) is 31.6 Å². The molecule has 3 aromatic carbocycles. The van der Waals surface area contributed by atoms with E-state index in [9.17, 15) is 9.59 Å². The van der Waals surface area contributed by atoms with Crippen molar-refractivity contribution in [1.82, 2.24) is 0 Å². The number of hydrogen-bond donors (Lipinski definition) is 1. The number of methoxy groups -OCH3 is 1. The van der Waals surface area contributed by atoms with Gasteiger partial charge in [0, 0.05) is 24.3 Å². The number of rotatable bonds is 7. The van der Waals surface area contributed by atoms with E-state index in [1.807, 2.05) is 42.5 Å². The fraction of sp³-hybridized carbons (Fsp3) is 0.231. The molecule has 0 saturated carbocycles. The van der Waals surface area contributed by atoms with Crippen LogP contribution in [0.4, 0.5) is 11.4 Å². The minimum absolute atomic E-state index is 0.296. The molecule has 7 heteroatoms. The Morgan fingerprint density at radius 2 is 1.76 bits per heavy atom. The summed E-state index contributed by atoms with van der Waals surface area (Å²) < 4.78 is 16.2. The quantitative estimate of drug-likeness (QED) is 0.550. The molecule has 1 N–H and O–H groups in total. The van der Waals surface area contributed by atoms with E-state index in [0.29, 0.717) is 55.5 Å². The molecule has 0 spiro atoms. The van der Waals surface area contributed by atoms with Gasteiger partial charge in [-0.15, -0.1) is 0 Å². The first-order valence-corrected chi connectivity index (χ1v) is 10.8. The zero-order chi connectivity index (χ0) is 23.0. The van der Waals surface area contributed by atoms with Crippen molar-refractivity contribution < 1.29 is 23.8 Å². The van der Waals surface area contributed by atoms with Crippen LogP contribution in [-0.4, -0.2) is 45.3 Å². The number of carbonyl (C=O) groups is 2. The van der Waals surface area contributed by atoms with Crippen LogP contribution in [0.3, 0.4) is 0 Å². The molecule has 0 radical (unpaired) electrons. The van der Waals surface area contributed by atoms with E-state index in [0.717, 1.165) is 11.3 Å². The van der Waals surface area contributed by atoms with Crippen LogP contribution in [0.25, 0.3) is 0 Å². The first kappa shape index (κ1) is 22.4. The van der Waals surface area contributed by atoms with Gasteiger partial charge in [-0.3, -0.25) is 4.79 Å². The third kappa shape index (κ3) is 5.70. The Labute approximate surface area is 192 Å². The fourth-order valence-corrected chi connectivity index (χ4v) is 3.64. The van der Waals surface area contributed by atoms with Crippen LogP contribution in [-0.2, 0) is 16.1 Å². The maximum atomic E-state index is 12.9. The Bertz CT molecular complexity index is 1110. The Morgan fingerprint density at radius 1 is 0.970 bits per heavy atom. The highest BCUT2D eigenvalue weighted by Gasteiger charge is 2.20. The molecule has 1 fully saturated rings. The topological polar surface area (TPSA) is 77.1 Å². The monoisotopic (exact) mass is 446 g/mol. The van der Waals surface area contributed by atoms with Gasteiger partial charge in [0.25, 0.3) is 5.91 Å². The summed E-state index contributed by atoms with van der Waals surface area (Å²) in [7, 11) is 1.34. The molecule has 1 heterocycles. The minimum Gasteiger partial charge on any atom is -0.489 e. The van der Waals surface area contributed by atoms with Gasteiger partial charge in [-0.2, -0.15) is 0 Å². The molecule has 0 bridgehead atoms. The van der Waals surface area contributed by atoms with E-state index >= 15 is 0 Å². The minimum atomic E-state index is -0.455. The number of anilines is 2. The summed E-state index contributed by atoms with van der Waals surface area (Å²) in [6.07, 6.45) is 0. The summed E-state index contributed by atoms with van der Waals surface area (Å²) in [5.41, 5.74) is 3.17. The van der Waals surface area contributed by atoms with Gasteiger partial charge in [-0.05, 0) is 42.0 Å². The van der Waals surface area contributed by atoms with Gasteiger partial charge in [0.1, 0.15) is 12.4 Å². The van der Waals surface area contributed by atoms with E-state index in [1.165, 1.54) is 7.11 Å². The van der Waals surface area contributed by atoms with Crippen molar-refractivity contribution in [3.05, 3.63) is 89.5 Å². The second-order valence-corrected chi connectivity index (χ2v) is 7.58. The van der Waals surface area contributed by atoms with Crippen LogP contribution in [0.2, 0.25) is 0 Å². The third-order valence-electron chi connectivity index (χ3n) is 5.36. The first-order valence-electron chi connectivity index (χ1n) is 10.8. The molecule has 4 rings (SSSR count). The van der Waals surface area contributed by atoms with Crippen molar-refractivity contribution in [2.75, 3.05) is 43.6 Å². The summed E-state index contributed by atoms with van der Waals surface area (Å²) in [6, 6.07) is 22.1. The van der Waals surface area contributed by atoms with Crippen molar-refractivity contribution in [2.24, 2.45) is 0 Å². The number of hydrogen-bond acceptors (Lipinski definition) is 6. The zero-order valence-electron chi connectivity index (χ0n) is 18.5. The highest BCUT2D eigenvalue weighted by molar-refractivity contribution is 6.05. The number of amides is 1. The number of nitrogens with zero attached hydrogens (tertiary/aromatic N) is 1. The highest BCUT2D eigenvalue weighted by Crippen LogP contribution is 2.27. The average Bonchev–Trinajstić information content (AvgIpc) is 2.88. The molecular weight excluding hydrogens is 420 g/mol. The fourth-order valence-electron chi connectivity index (χ4n) is 3.64. The van der Waals surface area contributed by atoms with Crippen molar-refractivity contribution in [1.29, 1.82) is 0 Å². The van der Waals surface area contributed by atoms with E-state index < -0.39 is 5.97 Å². The van der Waals surface area contributed by atoms with Crippen molar-refractivity contribution in [3.63, 3.8) is 0 Å². The summed E-state index contributed by atoms with van der Waals surface area (Å²) in [5, 5.41) is 2.86. The Kier molecular flexibility index (Phi) is 7.22. The molecule has 0 unspecified atom stereocenters. The first-order chi connectivity index (χ1) is 16.1. The summed E-state index contributed by atoms with van der Waals surface area (Å²) >= 11 is 0. The Balaban J connectivity index is 1.48. The maximum absolute atomic E-state index is 12.9. The molecule has 33 heavy (non-hydrogen) atoms. The summed E-state index contributed by atoms with van der Waals surface area (Å²) in [4.78, 5) is 27.4. The highest BCUT2D eigenvalue weighted by atomic mass is 16.5. The van der Waals surface area contributed by atoms with Crippen LogP contribution in [0, 0.1) is 0 Å². The lowest BCUT2D eigenvalue weighted by molar-refractivity contribution is 0.0600. The molecule has 170 valence electrons. The maximum Gasteiger partial charge on any atom is 0.340 e. The van der Waals surface area contributed by atoms with Crippen LogP contribution in [0.1, 0.15) is 26.3 Å². The zero-order valence-corrected chi connectivity index (χ0v) is 18.5. The molecule has 1 amide bonds. The van der Waals surface area contributed by atoms with Gasteiger partial charge >= 0.3 is 5.97 Å². The lowest BCUT2D eigenvalue weighted by atomic mass is 10.1. The molecule has 7 nitrogen and oxygen atoms in total. The summed E-state index contributed by atoms with van der Waals surface area (Å²) in [6.45, 7) is 2.98. The van der Waals surface area contributed by atoms with Crippen LogP contribution in [0.15, 0.2) is 72.8 Å². The molecule has 1 saturated heterocycles. The number of carbonyl (C=O) groups excluding carboxylic acids is 2. The average molecular weight is 447 g/mol. The van der Waals surface area contributed by atoms with E-state index in [2.05, 4.69) is 10.2 Å². The van der Waals surface area contributed by atoms with E-state index in [-0.39, 0.29) is 5.91 Å². The van der Waals surface area contributed by atoms with Crippen LogP contribution >= 0.6 is 0 Å². The van der Waals surface area contributed by atoms with E-state index in [1.54, 1.807) is 30.3 Å². The largest absolute Gasteiger partial charge is 0.489 e. The molecular formula is C26H26N2O5. The van der Waals surface area contributed by atoms with Crippen LogP contribution < -0.4 is 15.0 Å². The Hall–Kier alpha value is -3.84. The van der Waals surface area contributed by atoms with Gasteiger partial charge in [-0.1, -0.05) is 36.4 Å². The van der Waals surface area contributed by atoms with Crippen molar-refractivity contribution >= 4 is 23.3 Å². The summed E-state index contributed by atoms with van der Waals surface area (Å²) in [5.74, 6) is -0.150. The number of morpholine rings is 1. The predicted molar refractivity (Wildman–Crippen MR) is 126 cm³/mol. The molecule has 0 aliphatic carbocycles. The van der Waals surface area contributed by atoms with Gasteiger partial charge in [0.15, 0.2) is 0 Å². The van der Waals surface area contributed by atoms with E-state index in [4.69, 9.17) is 14.2 Å². The molecule has 0 atom stereocenters. The Morgan fingerprint density at radius 3 is 2.52 bits per heavy atom. The lowest BCUT2D eigenvalue weighted by Crippen LogP contribution is -2.37. The smallest absolute Gasteiger partial charge is 0.340 e. The normalized spacial score (nSPS) is 13.3. The van der Waals surface area contributed by atoms with Gasteiger partial charge in [-0.25, -0.2) is 4.79 Å². The number of nitrogens with one attached hydrogen (secondary N) is 1. The molecule has 1 aliphatic heterocycles. The number of benzene rings is 3. The second-order valence-electron chi connectivity index (χ2n) is 7.58. The standard InChI is InChI=1S/C26H26N2O5/c1-31-26(30)23-17-21(10-11-24(23)28-12-14-32-15-13-28)27-25(29)20-8-5-9-22(16-20)33-18-19-6-3-2-4-7-19/h2-11,16-17H,12-15,18H2,1H3,(H,27,29). The van der Waals surface area contributed by atoms with Gasteiger partial charge < -0.3 is 24.4 Å². The molecule has 0 aromatic heterocycles. The second kappa shape index (κ2) is 10.7. The third-order valence-corrected chi connectivity index (χ3v) is 5.36. The van der Waals surface area contributed by atoms with Crippen molar-refractivity contribution in [3.8, 4) is 5.75 Å². The lowest BCUT2D eigenvalue weighted by Gasteiger charge is -2.30.